The van der Waals surface area contributed by atoms with Gasteiger partial charge < -0.3 is 19.7 Å². The van der Waals surface area contributed by atoms with Gasteiger partial charge in [0.15, 0.2) is 5.58 Å². The third-order valence-electron chi connectivity index (χ3n) is 6.87. The van der Waals surface area contributed by atoms with E-state index >= 15 is 0 Å². The van der Waals surface area contributed by atoms with E-state index < -0.39 is 6.10 Å². The van der Waals surface area contributed by atoms with Crippen molar-refractivity contribution < 1.29 is 18.8 Å². The minimum absolute atomic E-state index is 0.226. The lowest BCUT2D eigenvalue weighted by molar-refractivity contribution is 0.0580. The summed E-state index contributed by atoms with van der Waals surface area (Å²) in [7, 11) is 0. The first-order valence-electron chi connectivity index (χ1n) is 11.7. The number of rotatable bonds is 6. The van der Waals surface area contributed by atoms with Gasteiger partial charge in [0, 0.05) is 47.8 Å². The number of aromatic nitrogens is 1. The second-order valence-electron chi connectivity index (χ2n) is 9.15. The van der Waals surface area contributed by atoms with Crippen LogP contribution in [0.15, 0.2) is 71.3 Å². The molecule has 6 nitrogen and oxygen atoms in total. The number of ether oxygens (including phenoxy) is 1. The first-order chi connectivity index (χ1) is 16.6. The van der Waals surface area contributed by atoms with Crippen molar-refractivity contribution in [1.29, 1.82) is 0 Å². The van der Waals surface area contributed by atoms with Crippen molar-refractivity contribution in [2.45, 2.75) is 24.5 Å². The van der Waals surface area contributed by atoms with E-state index in [2.05, 4.69) is 39.6 Å². The van der Waals surface area contributed by atoms with E-state index in [0.29, 0.717) is 35.5 Å². The Morgan fingerprint density at radius 2 is 2.00 bits per heavy atom. The zero-order chi connectivity index (χ0) is 23.1. The van der Waals surface area contributed by atoms with Crippen molar-refractivity contribution in [2.75, 3.05) is 31.6 Å². The number of piperidine rings is 1. The number of β-amino-alcohol motifs (C(OH)–C–C–N with tert-alkyl or cyclic N) is 1. The normalized spacial score (nSPS) is 20.5. The Hall–Kier alpha value is -3.42. The summed E-state index contributed by atoms with van der Waals surface area (Å²) in [5, 5.41) is 19.1. The number of nitrogens with one attached hydrogen (secondary N) is 1. The fraction of sp³-hybridized carbons (Fsp3) is 0.296. The van der Waals surface area contributed by atoms with Crippen LogP contribution in [0.2, 0.25) is 0 Å². The molecule has 2 unspecified atom stereocenters. The molecular formula is C27H26FN3O3. The highest BCUT2D eigenvalue weighted by Gasteiger charge is 2.36. The third-order valence-corrected chi connectivity index (χ3v) is 6.87. The van der Waals surface area contributed by atoms with E-state index in [0.717, 1.165) is 30.5 Å². The van der Waals surface area contributed by atoms with E-state index in [4.69, 9.17) is 9.26 Å². The Balaban J connectivity index is 1.03. The number of hydrogen-bond acceptors (Lipinski definition) is 6. The third kappa shape index (κ3) is 4.02. The predicted molar refractivity (Wildman–Crippen MR) is 129 cm³/mol. The van der Waals surface area contributed by atoms with Crippen molar-refractivity contribution in [1.82, 2.24) is 10.1 Å². The molecule has 2 aliphatic rings. The fourth-order valence-electron chi connectivity index (χ4n) is 5.23. The molecule has 3 aromatic carbocycles. The van der Waals surface area contributed by atoms with Crippen LogP contribution in [0.25, 0.3) is 22.2 Å². The van der Waals surface area contributed by atoms with Crippen molar-refractivity contribution in [3.8, 4) is 17.0 Å². The molecular weight excluding hydrogens is 433 g/mol. The minimum atomic E-state index is -0.575. The molecule has 2 N–H and O–H groups in total. The van der Waals surface area contributed by atoms with Crippen LogP contribution in [0, 0.1) is 5.82 Å². The lowest BCUT2D eigenvalue weighted by Crippen LogP contribution is -2.47. The molecule has 2 aliphatic heterocycles. The maximum Gasteiger partial charge on any atom is 0.170 e. The second-order valence-corrected chi connectivity index (χ2v) is 9.15. The first-order valence-corrected chi connectivity index (χ1v) is 11.7. The minimum Gasteiger partial charge on any atom is -0.491 e. The highest BCUT2D eigenvalue weighted by Crippen LogP contribution is 2.40. The number of nitrogens with zero attached hydrogens (tertiary/aromatic N) is 2. The van der Waals surface area contributed by atoms with Gasteiger partial charge in [-0.1, -0.05) is 23.4 Å². The van der Waals surface area contributed by atoms with Crippen molar-refractivity contribution in [3.63, 3.8) is 0 Å². The summed E-state index contributed by atoms with van der Waals surface area (Å²) in [6, 6.07) is 20.8. The number of likely N-dealkylation sites (tertiary alicyclic amines) is 1. The SMILES string of the molecule is O[C@H](COc1ccc(-c2noc3cc(F)ccc23)cc1)CN1CCC2c3ccccc3NC2C1. The maximum atomic E-state index is 13.4. The standard InChI is InChI=1S/C27H26FN3O3/c28-18-7-10-23-26(13-18)34-30-27(23)17-5-8-20(9-6-17)33-16-19(32)14-31-12-11-22-21-3-1-2-4-24(21)29-25(22)15-31/h1-10,13,19,22,25,29,32H,11-12,14-16H2/t19-,22?,25?/m0/s1. The molecule has 1 fully saturated rings. The number of hydrogen-bond donors (Lipinski definition) is 2. The van der Waals surface area contributed by atoms with Gasteiger partial charge in [0.25, 0.3) is 0 Å². The topological polar surface area (TPSA) is 70.8 Å². The lowest BCUT2D eigenvalue weighted by atomic mass is 9.88. The Labute approximate surface area is 196 Å². The molecule has 0 spiro atoms. The summed E-state index contributed by atoms with van der Waals surface area (Å²) in [4.78, 5) is 2.32. The number of para-hydroxylation sites is 1. The lowest BCUT2D eigenvalue weighted by Gasteiger charge is -2.36. The monoisotopic (exact) mass is 459 g/mol. The van der Waals surface area contributed by atoms with Gasteiger partial charge in [0.05, 0.1) is 0 Å². The second kappa shape index (κ2) is 8.74. The van der Waals surface area contributed by atoms with Gasteiger partial charge in [-0.25, -0.2) is 4.39 Å². The zero-order valence-electron chi connectivity index (χ0n) is 18.7. The zero-order valence-corrected chi connectivity index (χ0v) is 18.7. The van der Waals surface area contributed by atoms with Crippen LogP contribution in [0.1, 0.15) is 17.9 Å². The van der Waals surface area contributed by atoms with Gasteiger partial charge in [-0.3, -0.25) is 4.90 Å². The molecule has 6 rings (SSSR count). The fourth-order valence-corrected chi connectivity index (χ4v) is 5.23. The molecule has 0 aliphatic carbocycles. The molecule has 1 saturated heterocycles. The van der Waals surface area contributed by atoms with Crippen LogP contribution < -0.4 is 10.1 Å². The van der Waals surface area contributed by atoms with Crippen molar-refractivity contribution in [2.24, 2.45) is 0 Å². The Kier molecular flexibility index (Phi) is 5.43. The van der Waals surface area contributed by atoms with Crippen LogP contribution in [-0.2, 0) is 0 Å². The average Bonchev–Trinajstić information content (AvgIpc) is 3.43. The summed E-state index contributed by atoms with van der Waals surface area (Å²) >= 11 is 0. The number of benzene rings is 3. The van der Waals surface area contributed by atoms with E-state index in [1.54, 1.807) is 6.07 Å². The van der Waals surface area contributed by atoms with Crippen LogP contribution in [0.4, 0.5) is 10.1 Å². The quantitative estimate of drug-likeness (QED) is 0.437. The van der Waals surface area contributed by atoms with E-state index in [1.807, 2.05) is 24.3 Å². The van der Waals surface area contributed by atoms with Gasteiger partial charge in [-0.05, 0) is 61.0 Å². The summed E-state index contributed by atoms with van der Waals surface area (Å²) in [5.41, 5.74) is 4.60. The first kappa shape index (κ1) is 21.1. The van der Waals surface area contributed by atoms with Gasteiger partial charge in [-0.2, -0.15) is 0 Å². The average molecular weight is 460 g/mol. The molecule has 0 saturated carbocycles. The van der Waals surface area contributed by atoms with Crippen molar-refractivity contribution in [3.05, 3.63) is 78.1 Å². The van der Waals surface area contributed by atoms with Gasteiger partial charge in [0.2, 0.25) is 0 Å². The molecule has 174 valence electrons. The molecule has 3 atom stereocenters. The molecule has 0 amide bonds. The van der Waals surface area contributed by atoms with Gasteiger partial charge >= 0.3 is 0 Å². The van der Waals surface area contributed by atoms with Crippen LogP contribution in [-0.4, -0.2) is 53.6 Å². The summed E-state index contributed by atoms with van der Waals surface area (Å²) in [5.74, 6) is 0.875. The Morgan fingerprint density at radius 3 is 2.88 bits per heavy atom. The van der Waals surface area contributed by atoms with Crippen LogP contribution >= 0.6 is 0 Å². The molecule has 34 heavy (non-hydrogen) atoms. The largest absolute Gasteiger partial charge is 0.491 e. The van der Waals surface area contributed by atoms with E-state index in [1.165, 1.54) is 23.4 Å². The van der Waals surface area contributed by atoms with Gasteiger partial charge in [-0.15, -0.1) is 0 Å². The van der Waals surface area contributed by atoms with Gasteiger partial charge in [0.1, 0.15) is 30.0 Å². The number of halogens is 1. The summed E-state index contributed by atoms with van der Waals surface area (Å²) in [6.45, 7) is 2.70. The Bertz CT molecular complexity index is 1310. The molecule has 0 bridgehead atoms. The number of fused-ring (bicyclic) bond motifs is 4. The highest BCUT2D eigenvalue weighted by molar-refractivity contribution is 5.91. The molecule has 7 heteroatoms. The molecule has 4 aromatic rings. The maximum absolute atomic E-state index is 13.4. The number of aliphatic hydroxyl groups is 1. The number of aliphatic hydroxyl groups excluding tert-OH is 1. The van der Waals surface area contributed by atoms with Crippen molar-refractivity contribution >= 4 is 16.7 Å². The Morgan fingerprint density at radius 1 is 1.15 bits per heavy atom. The van der Waals surface area contributed by atoms with E-state index in [9.17, 15) is 9.50 Å². The smallest absolute Gasteiger partial charge is 0.170 e. The molecule has 1 aromatic heterocycles. The van der Waals surface area contributed by atoms with E-state index in [-0.39, 0.29) is 12.4 Å². The molecule has 3 heterocycles. The number of anilines is 1. The van der Waals surface area contributed by atoms with Crippen LogP contribution in [0.5, 0.6) is 5.75 Å². The predicted octanol–water partition coefficient (Wildman–Crippen LogP) is 4.66. The molecule has 0 radical (unpaired) electrons. The summed E-state index contributed by atoms with van der Waals surface area (Å²) < 4.78 is 24.5. The highest BCUT2D eigenvalue weighted by atomic mass is 19.1. The summed E-state index contributed by atoms with van der Waals surface area (Å²) in [6.07, 6.45) is 0.516. The van der Waals surface area contributed by atoms with Crippen LogP contribution in [0.3, 0.4) is 0 Å².